The lowest BCUT2D eigenvalue weighted by Gasteiger charge is -2.12. The number of halogens is 1. The Morgan fingerprint density at radius 1 is 1.45 bits per heavy atom. The molecule has 1 fully saturated rings. The zero-order valence-corrected chi connectivity index (χ0v) is 11.3. The molecule has 1 aromatic carbocycles. The maximum Gasteiger partial charge on any atom is 0.251 e. The fourth-order valence-corrected chi connectivity index (χ4v) is 1.96. The third kappa shape index (κ3) is 3.77. The average Bonchev–Trinajstić information content (AvgIpc) is 3.22. The maximum atomic E-state index is 13.5. The van der Waals surface area contributed by atoms with Crippen LogP contribution in [0, 0.1) is 11.7 Å². The summed E-state index contributed by atoms with van der Waals surface area (Å²) in [7, 11) is 0. The van der Waals surface area contributed by atoms with Crippen LogP contribution in [0.1, 0.15) is 30.1 Å². The third-order valence-electron chi connectivity index (χ3n) is 3.27. The van der Waals surface area contributed by atoms with Gasteiger partial charge in [-0.3, -0.25) is 9.59 Å². The van der Waals surface area contributed by atoms with Crippen molar-refractivity contribution in [3.8, 4) is 0 Å². The summed E-state index contributed by atoms with van der Waals surface area (Å²) in [4.78, 5) is 22.9. The topological polar surface area (TPSA) is 84.2 Å². The van der Waals surface area contributed by atoms with Crippen LogP contribution in [0.25, 0.3) is 0 Å². The van der Waals surface area contributed by atoms with Gasteiger partial charge in [-0.2, -0.15) is 0 Å². The van der Waals surface area contributed by atoms with Gasteiger partial charge in [0.2, 0.25) is 5.91 Å². The first-order valence-electron chi connectivity index (χ1n) is 6.58. The van der Waals surface area contributed by atoms with Gasteiger partial charge >= 0.3 is 0 Å². The van der Waals surface area contributed by atoms with E-state index < -0.39 is 11.7 Å². The lowest BCUT2D eigenvalue weighted by Crippen LogP contribution is -2.38. The number of nitrogens with one attached hydrogen (secondary N) is 2. The van der Waals surface area contributed by atoms with Gasteiger partial charge in [-0.25, -0.2) is 4.39 Å². The highest BCUT2D eigenvalue weighted by atomic mass is 19.1. The van der Waals surface area contributed by atoms with Crippen molar-refractivity contribution >= 4 is 17.5 Å². The van der Waals surface area contributed by atoms with Gasteiger partial charge < -0.3 is 16.4 Å². The van der Waals surface area contributed by atoms with E-state index in [0.29, 0.717) is 12.5 Å². The molecule has 1 saturated carbocycles. The summed E-state index contributed by atoms with van der Waals surface area (Å²) in [5.74, 6) is -0.796. The van der Waals surface area contributed by atoms with Crippen LogP contribution in [0.15, 0.2) is 18.2 Å². The minimum atomic E-state index is -0.577. The summed E-state index contributed by atoms with van der Waals surface area (Å²) in [6.45, 7) is 1.68. The monoisotopic (exact) mass is 279 g/mol. The zero-order chi connectivity index (χ0) is 14.7. The Kier molecular flexibility index (Phi) is 4.34. The van der Waals surface area contributed by atoms with Crippen LogP contribution in [0.2, 0.25) is 0 Å². The first kappa shape index (κ1) is 14.5. The molecule has 2 rings (SSSR count). The molecule has 1 unspecified atom stereocenters. The van der Waals surface area contributed by atoms with Crippen molar-refractivity contribution in [2.75, 3.05) is 11.9 Å². The van der Waals surface area contributed by atoms with Gasteiger partial charge in [0.25, 0.3) is 5.91 Å². The molecule has 6 heteroatoms. The summed E-state index contributed by atoms with van der Waals surface area (Å²) in [6.07, 6.45) is 2.22. The number of rotatable bonds is 5. The van der Waals surface area contributed by atoms with Gasteiger partial charge in [0.15, 0.2) is 0 Å². The number of benzene rings is 1. The molecule has 0 radical (unpaired) electrons. The Morgan fingerprint density at radius 2 is 2.15 bits per heavy atom. The van der Waals surface area contributed by atoms with E-state index in [1.54, 1.807) is 0 Å². The minimum absolute atomic E-state index is 0.00311. The van der Waals surface area contributed by atoms with Gasteiger partial charge in [-0.15, -0.1) is 0 Å². The molecular formula is C14H18FN3O2. The van der Waals surface area contributed by atoms with Crippen LogP contribution in [0.3, 0.4) is 0 Å². The molecule has 0 saturated heterocycles. The Labute approximate surface area is 116 Å². The van der Waals surface area contributed by atoms with Gasteiger partial charge in [-0.1, -0.05) is 0 Å². The SMILES string of the molecule is CC(=O)Nc1cc(C(=O)NCC(N)C2CC2)ccc1F. The predicted molar refractivity (Wildman–Crippen MR) is 73.7 cm³/mol. The van der Waals surface area contributed by atoms with E-state index in [9.17, 15) is 14.0 Å². The van der Waals surface area contributed by atoms with Crippen LogP contribution in [0.4, 0.5) is 10.1 Å². The highest BCUT2D eigenvalue weighted by Gasteiger charge is 2.28. The van der Waals surface area contributed by atoms with Crippen molar-refractivity contribution in [1.29, 1.82) is 0 Å². The Balaban J connectivity index is 1.99. The van der Waals surface area contributed by atoms with Crippen molar-refractivity contribution in [2.45, 2.75) is 25.8 Å². The number of hydrogen-bond acceptors (Lipinski definition) is 3. The van der Waals surface area contributed by atoms with E-state index >= 15 is 0 Å². The van der Waals surface area contributed by atoms with Crippen molar-refractivity contribution in [3.63, 3.8) is 0 Å². The van der Waals surface area contributed by atoms with E-state index in [4.69, 9.17) is 5.73 Å². The second-order valence-electron chi connectivity index (χ2n) is 5.09. The number of amides is 2. The molecule has 20 heavy (non-hydrogen) atoms. The summed E-state index contributed by atoms with van der Waals surface area (Å²) in [5, 5.41) is 5.06. The number of hydrogen-bond donors (Lipinski definition) is 3. The molecule has 0 spiro atoms. The summed E-state index contributed by atoms with van der Waals surface area (Å²) in [5.41, 5.74) is 6.18. The molecule has 5 nitrogen and oxygen atoms in total. The molecule has 4 N–H and O–H groups in total. The van der Waals surface area contributed by atoms with E-state index in [2.05, 4.69) is 10.6 Å². The molecule has 2 amide bonds. The normalized spacial score (nSPS) is 15.6. The van der Waals surface area contributed by atoms with Gasteiger partial charge in [0.05, 0.1) is 5.69 Å². The fourth-order valence-electron chi connectivity index (χ4n) is 1.96. The van der Waals surface area contributed by atoms with Crippen LogP contribution in [0.5, 0.6) is 0 Å². The van der Waals surface area contributed by atoms with E-state index in [1.165, 1.54) is 19.1 Å². The molecule has 0 aliphatic heterocycles. The molecule has 0 aromatic heterocycles. The van der Waals surface area contributed by atoms with Crippen LogP contribution >= 0.6 is 0 Å². The maximum absolute atomic E-state index is 13.5. The molecule has 1 atom stereocenters. The van der Waals surface area contributed by atoms with E-state index in [0.717, 1.165) is 18.9 Å². The molecule has 0 heterocycles. The molecular weight excluding hydrogens is 261 g/mol. The summed E-state index contributed by atoms with van der Waals surface area (Å²) in [6, 6.07) is 3.81. The standard InChI is InChI=1S/C14H18FN3O2/c1-8(19)18-13-6-10(4-5-11(13)15)14(20)17-7-12(16)9-2-3-9/h4-6,9,12H,2-3,7,16H2,1H3,(H,17,20)(H,18,19). The molecule has 1 aliphatic carbocycles. The first-order valence-corrected chi connectivity index (χ1v) is 6.58. The lowest BCUT2D eigenvalue weighted by molar-refractivity contribution is -0.114. The number of carbonyl (C=O) groups is 2. The molecule has 1 aromatic rings. The summed E-state index contributed by atoms with van der Waals surface area (Å²) >= 11 is 0. The Morgan fingerprint density at radius 3 is 2.75 bits per heavy atom. The molecule has 1 aliphatic rings. The minimum Gasteiger partial charge on any atom is -0.350 e. The van der Waals surface area contributed by atoms with Crippen LogP contribution < -0.4 is 16.4 Å². The van der Waals surface area contributed by atoms with Gasteiger partial charge in [0, 0.05) is 25.1 Å². The zero-order valence-electron chi connectivity index (χ0n) is 11.3. The van der Waals surface area contributed by atoms with Crippen molar-refractivity contribution in [2.24, 2.45) is 11.7 Å². The van der Waals surface area contributed by atoms with Gasteiger partial charge in [-0.05, 0) is 37.0 Å². The smallest absolute Gasteiger partial charge is 0.251 e. The Hall–Kier alpha value is -1.95. The Bertz CT molecular complexity index is 529. The van der Waals surface area contributed by atoms with Crippen molar-refractivity contribution < 1.29 is 14.0 Å². The molecule has 108 valence electrons. The third-order valence-corrected chi connectivity index (χ3v) is 3.27. The highest BCUT2D eigenvalue weighted by Crippen LogP contribution is 2.31. The largest absolute Gasteiger partial charge is 0.350 e. The van der Waals surface area contributed by atoms with Crippen LogP contribution in [-0.4, -0.2) is 24.4 Å². The first-order chi connectivity index (χ1) is 9.47. The quantitative estimate of drug-likeness (QED) is 0.758. The van der Waals surface area contributed by atoms with E-state index in [1.807, 2.05) is 0 Å². The second kappa shape index (κ2) is 6.00. The predicted octanol–water partition coefficient (Wildman–Crippen LogP) is 1.25. The highest BCUT2D eigenvalue weighted by molar-refractivity contribution is 5.96. The number of carbonyl (C=O) groups excluding carboxylic acids is 2. The van der Waals surface area contributed by atoms with Crippen molar-refractivity contribution in [3.05, 3.63) is 29.6 Å². The average molecular weight is 279 g/mol. The fraction of sp³-hybridized carbons (Fsp3) is 0.429. The van der Waals surface area contributed by atoms with Gasteiger partial charge in [0.1, 0.15) is 5.82 Å². The van der Waals surface area contributed by atoms with E-state index in [-0.39, 0.29) is 23.2 Å². The summed E-state index contributed by atoms with van der Waals surface area (Å²) < 4.78 is 13.5. The number of nitrogens with two attached hydrogens (primary N) is 1. The second-order valence-corrected chi connectivity index (χ2v) is 5.09. The van der Waals surface area contributed by atoms with Crippen molar-refractivity contribution in [1.82, 2.24) is 5.32 Å². The van der Waals surface area contributed by atoms with Crippen LogP contribution in [-0.2, 0) is 4.79 Å². The molecule has 0 bridgehead atoms. The number of anilines is 1. The lowest BCUT2D eigenvalue weighted by atomic mass is 10.1.